The summed E-state index contributed by atoms with van der Waals surface area (Å²) in [5.74, 6) is 0.472. The van der Waals surface area contributed by atoms with Gasteiger partial charge in [0.15, 0.2) is 0 Å². The Balaban J connectivity index is 1.59. The Labute approximate surface area is 210 Å². The van der Waals surface area contributed by atoms with Gasteiger partial charge in [0.1, 0.15) is 5.78 Å². The lowest BCUT2D eigenvalue weighted by molar-refractivity contribution is -0.184. The number of carboxylic acids is 1. The summed E-state index contributed by atoms with van der Waals surface area (Å²) in [7, 11) is 1.44. The van der Waals surface area contributed by atoms with Crippen LogP contribution in [0.3, 0.4) is 0 Å². The Hall–Kier alpha value is -1.65. The van der Waals surface area contributed by atoms with Crippen LogP contribution < -0.4 is 0 Å². The Bertz CT molecular complexity index is 999. The molecule has 4 saturated carbocycles. The summed E-state index contributed by atoms with van der Waals surface area (Å²) in [5.41, 5.74) is -0.00680. The van der Waals surface area contributed by atoms with Gasteiger partial charge >= 0.3 is 11.9 Å². The van der Waals surface area contributed by atoms with Crippen LogP contribution in [-0.4, -0.2) is 29.9 Å². The lowest BCUT2D eigenvalue weighted by Gasteiger charge is -2.69. The average molecular weight is 485 g/mol. The summed E-state index contributed by atoms with van der Waals surface area (Å²) in [4.78, 5) is 38.3. The molecule has 0 saturated heterocycles. The van der Waals surface area contributed by atoms with Crippen molar-refractivity contribution in [3.05, 3.63) is 11.6 Å². The number of methoxy groups -OCH3 is 1. The molecule has 0 spiro atoms. The molecule has 5 aliphatic carbocycles. The SMILES string of the molecule is COC(=O)[C@@]1(C)CC[C@]2(C(=O)O)CC[C@]3(C)C(=CC[C@@H]4[C@@]5(C)CCC(=O)[C@H](C)[C@@H]5CC[C@]43C)[C@@H]2C1. The van der Waals surface area contributed by atoms with E-state index in [1.54, 1.807) is 0 Å². The number of carboxylic acid groups (broad SMARTS) is 1. The van der Waals surface area contributed by atoms with Gasteiger partial charge in [-0.25, -0.2) is 0 Å². The Kier molecular flexibility index (Phi) is 5.49. The van der Waals surface area contributed by atoms with E-state index in [0.29, 0.717) is 49.7 Å². The second-order valence-electron chi connectivity index (χ2n) is 13.9. The number of fused-ring (bicyclic) bond motifs is 7. The lowest BCUT2D eigenvalue weighted by Crippen LogP contribution is -2.63. The number of aliphatic carboxylic acids is 1. The van der Waals surface area contributed by atoms with Crippen molar-refractivity contribution in [1.82, 2.24) is 0 Å². The topological polar surface area (TPSA) is 80.7 Å². The van der Waals surface area contributed by atoms with Crippen LogP contribution in [0.2, 0.25) is 0 Å². The maximum atomic E-state index is 12.8. The van der Waals surface area contributed by atoms with E-state index in [1.165, 1.54) is 12.7 Å². The maximum absolute atomic E-state index is 12.8. The number of carbonyl (C=O) groups is 3. The minimum absolute atomic E-state index is 0.0617. The van der Waals surface area contributed by atoms with E-state index >= 15 is 0 Å². The van der Waals surface area contributed by atoms with Gasteiger partial charge in [0, 0.05) is 12.3 Å². The van der Waals surface area contributed by atoms with Gasteiger partial charge in [0.05, 0.1) is 17.9 Å². The van der Waals surface area contributed by atoms with Crippen LogP contribution in [0.1, 0.15) is 98.8 Å². The molecule has 0 heterocycles. The highest BCUT2D eigenvalue weighted by Gasteiger charge is 2.68. The monoisotopic (exact) mass is 484 g/mol. The van der Waals surface area contributed by atoms with Gasteiger partial charge in [-0.3, -0.25) is 14.4 Å². The van der Waals surface area contributed by atoms with Crippen LogP contribution >= 0.6 is 0 Å². The van der Waals surface area contributed by atoms with Crippen LogP contribution in [-0.2, 0) is 19.1 Å². The van der Waals surface area contributed by atoms with Crippen molar-refractivity contribution in [3.8, 4) is 0 Å². The highest BCUT2D eigenvalue weighted by Crippen LogP contribution is 2.74. The minimum atomic E-state index is -0.783. The Morgan fingerprint density at radius 3 is 2.37 bits per heavy atom. The van der Waals surface area contributed by atoms with E-state index in [1.807, 2.05) is 6.92 Å². The highest BCUT2D eigenvalue weighted by molar-refractivity contribution is 5.82. The van der Waals surface area contributed by atoms with Crippen LogP contribution in [0, 0.1) is 50.7 Å². The highest BCUT2D eigenvalue weighted by atomic mass is 16.5. The first-order valence-electron chi connectivity index (χ1n) is 13.8. The predicted octanol–water partition coefficient (Wildman–Crippen LogP) is 6.20. The molecule has 0 amide bonds. The summed E-state index contributed by atoms with van der Waals surface area (Å²) < 4.78 is 5.19. The van der Waals surface area contributed by atoms with E-state index in [4.69, 9.17) is 4.74 Å². The van der Waals surface area contributed by atoms with Gasteiger partial charge in [-0.15, -0.1) is 0 Å². The Morgan fingerprint density at radius 1 is 1.03 bits per heavy atom. The molecule has 0 bridgehead atoms. The molecule has 5 aliphatic rings. The number of hydrogen-bond acceptors (Lipinski definition) is 4. The number of hydrogen-bond donors (Lipinski definition) is 1. The summed E-state index contributed by atoms with van der Waals surface area (Å²) in [5, 5.41) is 10.5. The minimum Gasteiger partial charge on any atom is -0.481 e. The smallest absolute Gasteiger partial charge is 0.311 e. The van der Waals surface area contributed by atoms with Crippen LogP contribution in [0.15, 0.2) is 11.6 Å². The molecule has 9 atom stereocenters. The van der Waals surface area contributed by atoms with Crippen molar-refractivity contribution in [1.29, 1.82) is 0 Å². The number of allylic oxidation sites excluding steroid dienone is 2. The predicted molar refractivity (Wildman–Crippen MR) is 133 cm³/mol. The zero-order valence-electron chi connectivity index (χ0n) is 22.5. The molecule has 5 nitrogen and oxygen atoms in total. The standard InChI is InChI=1S/C30H44O5/c1-18-19-9-12-29(5)23(27(19,3)11-10-22(18)31)8-7-20-21-17-26(2,25(34)35-6)13-15-30(21,24(32)33)16-14-28(20,29)4/h7,18-19,21,23H,8-17H2,1-6H3,(H,32,33)/t18-,19+,21+,23-,26+,27+,28-,29-,30+/m1/s1. The normalized spacial score (nSPS) is 51.1. The molecule has 0 aromatic rings. The molecule has 35 heavy (non-hydrogen) atoms. The first-order chi connectivity index (χ1) is 16.3. The second kappa shape index (κ2) is 7.68. The fourth-order valence-corrected chi connectivity index (χ4v) is 10.3. The summed E-state index contributed by atoms with van der Waals surface area (Å²) in [6, 6.07) is 0. The first kappa shape index (κ1) is 25.0. The van der Waals surface area contributed by atoms with E-state index in [9.17, 15) is 19.5 Å². The molecular formula is C30H44O5. The van der Waals surface area contributed by atoms with Crippen molar-refractivity contribution in [2.24, 2.45) is 50.7 Å². The number of esters is 1. The molecule has 0 aromatic carbocycles. The van der Waals surface area contributed by atoms with Crippen LogP contribution in [0.25, 0.3) is 0 Å². The molecule has 4 fully saturated rings. The number of carbonyl (C=O) groups excluding carboxylic acids is 2. The van der Waals surface area contributed by atoms with Gasteiger partial charge in [0.25, 0.3) is 0 Å². The maximum Gasteiger partial charge on any atom is 0.311 e. The van der Waals surface area contributed by atoms with Crippen molar-refractivity contribution in [2.75, 3.05) is 7.11 Å². The lowest BCUT2D eigenvalue weighted by atomic mass is 9.34. The van der Waals surface area contributed by atoms with Crippen molar-refractivity contribution in [2.45, 2.75) is 98.8 Å². The van der Waals surface area contributed by atoms with Gasteiger partial charge in [0.2, 0.25) is 0 Å². The third kappa shape index (κ3) is 3.02. The first-order valence-corrected chi connectivity index (χ1v) is 13.8. The van der Waals surface area contributed by atoms with Crippen molar-refractivity contribution in [3.63, 3.8) is 0 Å². The zero-order chi connectivity index (χ0) is 25.6. The zero-order valence-corrected chi connectivity index (χ0v) is 22.5. The molecule has 0 radical (unpaired) electrons. The van der Waals surface area contributed by atoms with Gasteiger partial charge in [-0.1, -0.05) is 39.3 Å². The molecule has 194 valence electrons. The number of rotatable bonds is 2. The van der Waals surface area contributed by atoms with Gasteiger partial charge < -0.3 is 9.84 Å². The number of ether oxygens (including phenoxy) is 1. The quantitative estimate of drug-likeness (QED) is 0.372. The van der Waals surface area contributed by atoms with Crippen LogP contribution in [0.4, 0.5) is 0 Å². The van der Waals surface area contributed by atoms with E-state index < -0.39 is 16.8 Å². The third-order valence-electron chi connectivity index (χ3n) is 12.9. The largest absolute Gasteiger partial charge is 0.481 e. The molecular weight excluding hydrogens is 440 g/mol. The molecule has 0 aliphatic heterocycles. The number of Topliss-reactive ketones (excluding diaryl/α,β-unsaturated/α-hetero) is 1. The summed E-state index contributed by atoms with van der Waals surface area (Å²) in [6.07, 6.45) is 10.4. The van der Waals surface area contributed by atoms with Crippen molar-refractivity contribution >= 4 is 17.7 Å². The Morgan fingerprint density at radius 2 is 1.71 bits per heavy atom. The van der Waals surface area contributed by atoms with E-state index in [-0.39, 0.29) is 34.1 Å². The van der Waals surface area contributed by atoms with Gasteiger partial charge in [-0.2, -0.15) is 0 Å². The molecule has 0 aromatic heterocycles. The molecule has 5 heteroatoms. The van der Waals surface area contributed by atoms with E-state index in [2.05, 4.69) is 33.8 Å². The fraction of sp³-hybridized carbons (Fsp3) is 0.833. The summed E-state index contributed by atoms with van der Waals surface area (Å²) in [6.45, 7) is 11.4. The molecule has 1 N–H and O–H groups in total. The molecule has 0 unspecified atom stereocenters. The average Bonchev–Trinajstić information content (AvgIpc) is 2.81. The van der Waals surface area contributed by atoms with Crippen molar-refractivity contribution < 1.29 is 24.2 Å². The summed E-state index contributed by atoms with van der Waals surface area (Å²) >= 11 is 0. The fourth-order valence-electron chi connectivity index (χ4n) is 10.3. The van der Waals surface area contributed by atoms with Gasteiger partial charge in [-0.05, 0) is 98.7 Å². The third-order valence-corrected chi connectivity index (χ3v) is 12.9. The molecule has 5 rings (SSSR count). The van der Waals surface area contributed by atoms with Crippen LogP contribution in [0.5, 0.6) is 0 Å². The second-order valence-corrected chi connectivity index (χ2v) is 13.9. The van der Waals surface area contributed by atoms with E-state index in [0.717, 1.165) is 32.1 Å². The number of ketones is 1.